The molecule has 0 spiro atoms. The van der Waals surface area contributed by atoms with Crippen molar-refractivity contribution in [2.24, 2.45) is 11.8 Å². The largest absolute Gasteiger partial charge is 0.494 e. The predicted octanol–water partition coefficient (Wildman–Crippen LogP) is 5.14. The van der Waals surface area contributed by atoms with Crippen molar-refractivity contribution in [1.29, 1.82) is 0 Å². The average molecular weight is 708 g/mol. The summed E-state index contributed by atoms with van der Waals surface area (Å²) in [5.41, 5.74) is 0.234. The van der Waals surface area contributed by atoms with E-state index in [1.807, 2.05) is 13.8 Å². The summed E-state index contributed by atoms with van der Waals surface area (Å²) >= 11 is 0. The van der Waals surface area contributed by atoms with Crippen molar-refractivity contribution in [2.75, 3.05) is 46.1 Å². The Bertz CT molecular complexity index is 1110. The molecule has 0 bridgehead atoms. The maximum absolute atomic E-state index is 12.4. The Morgan fingerprint density at radius 1 is 0.760 bits per heavy atom. The minimum absolute atomic E-state index is 0.00191. The first-order valence-electron chi connectivity index (χ1n) is 17.9. The third-order valence-corrected chi connectivity index (χ3v) is 7.52. The molecular weight excluding hydrogens is 646 g/mol. The number of carbonyl (C=O) groups is 4. The number of hydrogen-bond donors (Lipinski definition) is 5. The van der Waals surface area contributed by atoms with Crippen LogP contribution in [0.4, 0.5) is 0 Å². The highest BCUT2D eigenvalue weighted by Crippen LogP contribution is 2.14. The molecule has 1 rings (SSSR count). The molecule has 0 heterocycles. The van der Waals surface area contributed by atoms with Gasteiger partial charge in [-0.3, -0.25) is 14.9 Å². The molecule has 5 N–H and O–H groups in total. The third-order valence-electron chi connectivity index (χ3n) is 7.52. The summed E-state index contributed by atoms with van der Waals surface area (Å²) in [5, 5.41) is 27.0. The standard InChI is InChI=1S/C37H61N3O10/c1-28(2)27-48-25-24-47-23-20-38-30(4)49-22-18-29(3)26-33(37(45)46)40-35(42)17-19-39-34(41)12-10-8-6-5-7-9-11-21-50-32-15-13-31(14-16-32)36(43)44/h13-16,18,22,28-30,33,38H,5-12,17,19-21,23-27H2,1-4H3,(H,39,41)(H,40,42)(H,43,44)(H,45,46). The molecule has 0 fully saturated rings. The summed E-state index contributed by atoms with van der Waals surface area (Å²) in [7, 11) is 0. The second kappa shape index (κ2) is 28.1. The fourth-order valence-electron chi connectivity index (χ4n) is 4.72. The molecule has 50 heavy (non-hydrogen) atoms. The van der Waals surface area contributed by atoms with Crippen molar-refractivity contribution < 1.29 is 48.3 Å². The Balaban J connectivity index is 2.07. The van der Waals surface area contributed by atoms with Crippen LogP contribution in [0.5, 0.6) is 5.75 Å². The SMILES string of the molecule is CC(C)COCCOCCNC(C)OC=CC(C)CC(NC(=O)CCNC(=O)CCCCCCCCCOc1ccc(C(=O)O)cc1)C(=O)O. The Kier molecular flexibility index (Phi) is 24.9. The molecule has 0 aromatic heterocycles. The zero-order chi connectivity index (χ0) is 37.0. The molecule has 3 unspecified atom stereocenters. The molecule has 284 valence electrons. The number of benzene rings is 1. The van der Waals surface area contributed by atoms with Gasteiger partial charge < -0.3 is 39.8 Å². The number of aliphatic carboxylic acids is 1. The second-order valence-electron chi connectivity index (χ2n) is 12.8. The van der Waals surface area contributed by atoms with E-state index in [4.69, 9.17) is 24.1 Å². The van der Waals surface area contributed by atoms with Gasteiger partial charge in [-0.15, -0.1) is 0 Å². The van der Waals surface area contributed by atoms with E-state index in [-0.39, 0.29) is 43.0 Å². The summed E-state index contributed by atoms with van der Waals surface area (Å²) < 4.78 is 22.2. The molecule has 2 amide bonds. The number of carbonyl (C=O) groups excluding carboxylic acids is 2. The highest BCUT2D eigenvalue weighted by atomic mass is 16.5. The van der Waals surface area contributed by atoms with Gasteiger partial charge in [0.15, 0.2) is 0 Å². The van der Waals surface area contributed by atoms with Crippen LogP contribution in [-0.2, 0) is 28.6 Å². The fourth-order valence-corrected chi connectivity index (χ4v) is 4.72. The molecule has 0 saturated carbocycles. The van der Waals surface area contributed by atoms with Crippen LogP contribution in [0.25, 0.3) is 0 Å². The van der Waals surface area contributed by atoms with E-state index in [9.17, 15) is 24.3 Å². The van der Waals surface area contributed by atoms with Gasteiger partial charge in [0.05, 0.1) is 38.3 Å². The molecule has 0 aliphatic rings. The zero-order valence-corrected chi connectivity index (χ0v) is 30.5. The number of allylic oxidation sites excluding steroid dienone is 1. The molecule has 0 aliphatic heterocycles. The molecule has 13 nitrogen and oxygen atoms in total. The molecule has 1 aromatic carbocycles. The maximum Gasteiger partial charge on any atom is 0.335 e. The number of hydrogen-bond acceptors (Lipinski definition) is 9. The monoisotopic (exact) mass is 707 g/mol. The number of carboxylic acid groups (broad SMARTS) is 2. The number of unbranched alkanes of at least 4 members (excludes halogenated alkanes) is 6. The normalized spacial score (nSPS) is 13.1. The summed E-state index contributed by atoms with van der Waals surface area (Å²) in [6.07, 6.45) is 10.4. The van der Waals surface area contributed by atoms with Crippen LogP contribution in [0.2, 0.25) is 0 Å². The molecule has 0 aliphatic carbocycles. The number of nitrogens with one attached hydrogen (secondary N) is 3. The van der Waals surface area contributed by atoms with Crippen LogP contribution in [0.1, 0.15) is 102 Å². The summed E-state index contributed by atoms with van der Waals surface area (Å²) in [6.45, 7) is 11.6. The van der Waals surface area contributed by atoms with E-state index in [1.165, 1.54) is 18.4 Å². The highest BCUT2D eigenvalue weighted by molar-refractivity contribution is 5.87. The van der Waals surface area contributed by atoms with Gasteiger partial charge in [-0.2, -0.15) is 0 Å². The summed E-state index contributed by atoms with van der Waals surface area (Å²) in [5.74, 6) is -1.63. The first kappa shape index (κ1) is 44.3. The topological polar surface area (TPSA) is 182 Å². The van der Waals surface area contributed by atoms with E-state index < -0.39 is 23.9 Å². The third kappa shape index (κ3) is 24.5. The Morgan fingerprint density at radius 3 is 2.08 bits per heavy atom. The van der Waals surface area contributed by atoms with E-state index in [2.05, 4.69) is 29.8 Å². The van der Waals surface area contributed by atoms with Crippen LogP contribution in [0, 0.1) is 11.8 Å². The van der Waals surface area contributed by atoms with Gasteiger partial charge in [0, 0.05) is 32.5 Å². The lowest BCUT2D eigenvalue weighted by molar-refractivity contribution is -0.142. The van der Waals surface area contributed by atoms with Gasteiger partial charge in [-0.05, 0) is 68.4 Å². The number of rotatable bonds is 31. The number of amides is 2. The van der Waals surface area contributed by atoms with E-state index in [1.54, 1.807) is 18.2 Å². The van der Waals surface area contributed by atoms with Crippen LogP contribution in [-0.4, -0.2) is 92.4 Å². The average Bonchev–Trinajstić information content (AvgIpc) is 3.06. The lowest BCUT2D eigenvalue weighted by atomic mass is 10.0. The van der Waals surface area contributed by atoms with E-state index >= 15 is 0 Å². The van der Waals surface area contributed by atoms with Gasteiger partial charge in [-0.1, -0.05) is 52.9 Å². The van der Waals surface area contributed by atoms with Crippen molar-refractivity contribution in [3.8, 4) is 5.75 Å². The number of aromatic carboxylic acids is 1. The van der Waals surface area contributed by atoms with Crippen molar-refractivity contribution in [3.63, 3.8) is 0 Å². The van der Waals surface area contributed by atoms with Crippen molar-refractivity contribution in [2.45, 2.75) is 104 Å². The molecule has 13 heteroatoms. The van der Waals surface area contributed by atoms with E-state index in [0.717, 1.165) is 51.6 Å². The summed E-state index contributed by atoms with van der Waals surface area (Å²) in [4.78, 5) is 47.1. The van der Waals surface area contributed by atoms with Crippen LogP contribution in [0.15, 0.2) is 36.6 Å². The second-order valence-corrected chi connectivity index (χ2v) is 12.8. The highest BCUT2D eigenvalue weighted by Gasteiger charge is 2.21. The Labute approximate surface area is 297 Å². The minimum atomic E-state index is -1.12. The first-order valence-corrected chi connectivity index (χ1v) is 17.9. The van der Waals surface area contributed by atoms with Crippen molar-refractivity contribution in [1.82, 2.24) is 16.0 Å². The zero-order valence-electron chi connectivity index (χ0n) is 30.5. The van der Waals surface area contributed by atoms with Crippen LogP contribution >= 0.6 is 0 Å². The van der Waals surface area contributed by atoms with Crippen LogP contribution < -0.4 is 20.7 Å². The van der Waals surface area contributed by atoms with Crippen LogP contribution in [0.3, 0.4) is 0 Å². The minimum Gasteiger partial charge on any atom is -0.494 e. The van der Waals surface area contributed by atoms with Gasteiger partial charge in [0.1, 0.15) is 18.0 Å². The number of carboxylic acids is 2. The van der Waals surface area contributed by atoms with Crippen molar-refractivity contribution >= 4 is 23.8 Å². The maximum atomic E-state index is 12.4. The van der Waals surface area contributed by atoms with Crippen molar-refractivity contribution in [3.05, 3.63) is 42.2 Å². The fraction of sp³-hybridized carbons (Fsp3) is 0.676. The lowest BCUT2D eigenvalue weighted by Crippen LogP contribution is -2.42. The molecule has 0 radical (unpaired) electrons. The quantitative estimate of drug-likeness (QED) is 0.0392. The first-order chi connectivity index (χ1) is 24.0. The van der Waals surface area contributed by atoms with E-state index in [0.29, 0.717) is 51.1 Å². The van der Waals surface area contributed by atoms with Gasteiger partial charge in [0.2, 0.25) is 11.8 Å². The predicted molar refractivity (Wildman–Crippen MR) is 191 cm³/mol. The summed E-state index contributed by atoms with van der Waals surface area (Å²) in [6, 6.07) is 5.32. The molecular formula is C37H61N3O10. The smallest absolute Gasteiger partial charge is 0.335 e. The Morgan fingerprint density at radius 2 is 1.42 bits per heavy atom. The number of ether oxygens (including phenoxy) is 4. The molecule has 0 saturated heterocycles. The van der Waals surface area contributed by atoms with Gasteiger partial charge in [-0.25, -0.2) is 9.59 Å². The lowest BCUT2D eigenvalue weighted by Gasteiger charge is -2.18. The molecule has 1 aromatic rings. The van der Waals surface area contributed by atoms with Gasteiger partial charge in [0.25, 0.3) is 0 Å². The Hall–Kier alpha value is -3.68. The molecule has 3 atom stereocenters. The van der Waals surface area contributed by atoms with Gasteiger partial charge >= 0.3 is 11.9 Å².